The van der Waals surface area contributed by atoms with E-state index in [2.05, 4.69) is 26.2 Å². The third kappa shape index (κ3) is 4.45. The highest BCUT2D eigenvalue weighted by Gasteiger charge is 2.41. The van der Waals surface area contributed by atoms with Gasteiger partial charge in [-0.25, -0.2) is 0 Å². The fraction of sp³-hybridized carbons (Fsp3) is 0.615. The van der Waals surface area contributed by atoms with Gasteiger partial charge in [0.25, 0.3) is 0 Å². The predicted octanol–water partition coefficient (Wildman–Crippen LogP) is 4.05. The van der Waals surface area contributed by atoms with Crippen molar-refractivity contribution in [2.45, 2.75) is 44.4 Å². The van der Waals surface area contributed by atoms with Gasteiger partial charge >= 0.3 is 6.18 Å². The lowest BCUT2D eigenvalue weighted by atomic mass is 9.85. The topological polar surface area (TPSA) is 24.9 Å². The Bertz CT molecular complexity index is 405. The Morgan fingerprint density at radius 1 is 1.32 bits per heavy atom. The van der Waals surface area contributed by atoms with Crippen LogP contribution < -0.4 is 5.32 Å². The molecule has 1 saturated carbocycles. The van der Waals surface area contributed by atoms with E-state index in [4.69, 9.17) is 0 Å². The zero-order valence-electron chi connectivity index (χ0n) is 10.4. The third-order valence-corrected chi connectivity index (χ3v) is 3.97. The molecule has 1 aromatic rings. The lowest BCUT2D eigenvalue weighted by molar-refractivity contribution is -0.183. The summed E-state index contributed by atoms with van der Waals surface area (Å²) in [5.41, 5.74) is 0.845. The van der Waals surface area contributed by atoms with Gasteiger partial charge in [-0.2, -0.15) is 13.2 Å². The van der Waals surface area contributed by atoms with Crippen molar-refractivity contribution in [1.82, 2.24) is 10.3 Å². The molecule has 2 atom stereocenters. The van der Waals surface area contributed by atoms with E-state index < -0.39 is 12.1 Å². The first kappa shape index (κ1) is 14.8. The van der Waals surface area contributed by atoms with Gasteiger partial charge in [0.15, 0.2) is 0 Å². The SMILES string of the molecule is FC(F)(F)C1CCCC(NCc2ccc(Br)cn2)C1. The van der Waals surface area contributed by atoms with E-state index in [1.54, 1.807) is 6.20 Å². The normalized spacial score (nSPS) is 24.4. The fourth-order valence-electron chi connectivity index (χ4n) is 2.43. The molecule has 2 nitrogen and oxygen atoms in total. The van der Waals surface area contributed by atoms with Crippen LogP contribution in [-0.4, -0.2) is 17.2 Å². The summed E-state index contributed by atoms with van der Waals surface area (Å²) in [6, 6.07) is 3.68. The lowest BCUT2D eigenvalue weighted by Gasteiger charge is -2.31. The molecule has 19 heavy (non-hydrogen) atoms. The first-order valence-corrected chi connectivity index (χ1v) is 7.15. The van der Waals surface area contributed by atoms with E-state index >= 15 is 0 Å². The Morgan fingerprint density at radius 3 is 2.74 bits per heavy atom. The maximum absolute atomic E-state index is 12.7. The highest BCUT2D eigenvalue weighted by Crippen LogP contribution is 2.37. The number of halogens is 4. The Morgan fingerprint density at radius 2 is 2.11 bits per heavy atom. The summed E-state index contributed by atoms with van der Waals surface area (Å²) < 4.78 is 38.9. The Balaban J connectivity index is 1.84. The Kier molecular flexibility index (Phi) is 4.84. The minimum absolute atomic E-state index is 0.0641. The van der Waals surface area contributed by atoms with Crippen molar-refractivity contribution >= 4 is 15.9 Å². The van der Waals surface area contributed by atoms with Crippen LogP contribution in [0.3, 0.4) is 0 Å². The van der Waals surface area contributed by atoms with Gasteiger partial charge in [0, 0.05) is 23.3 Å². The maximum atomic E-state index is 12.7. The second-order valence-electron chi connectivity index (χ2n) is 4.95. The Labute approximate surface area is 118 Å². The van der Waals surface area contributed by atoms with Crippen molar-refractivity contribution in [3.63, 3.8) is 0 Å². The van der Waals surface area contributed by atoms with Crippen LogP contribution in [-0.2, 0) is 6.54 Å². The molecule has 2 rings (SSSR count). The number of rotatable bonds is 3. The van der Waals surface area contributed by atoms with E-state index in [9.17, 15) is 13.2 Å². The first-order valence-electron chi connectivity index (χ1n) is 6.35. The number of alkyl halides is 3. The maximum Gasteiger partial charge on any atom is 0.391 e. The van der Waals surface area contributed by atoms with Crippen LogP contribution in [0, 0.1) is 5.92 Å². The molecule has 0 radical (unpaired) electrons. The van der Waals surface area contributed by atoms with Gasteiger partial charge in [-0.1, -0.05) is 6.42 Å². The highest BCUT2D eigenvalue weighted by atomic mass is 79.9. The molecule has 1 N–H and O–H groups in total. The molecular formula is C13H16BrF3N2. The molecule has 0 aliphatic heterocycles. The molecule has 1 fully saturated rings. The highest BCUT2D eigenvalue weighted by molar-refractivity contribution is 9.10. The number of nitrogens with zero attached hydrogens (tertiary/aromatic N) is 1. The zero-order chi connectivity index (χ0) is 13.9. The van der Waals surface area contributed by atoms with Crippen LogP contribution >= 0.6 is 15.9 Å². The summed E-state index contributed by atoms with van der Waals surface area (Å²) in [6.45, 7) is 0.516. The summed E-state index contributed by atoms with van der Waals surface area (Å²) >= 11 is 3.29. The molecule has 0 aromatic carbocycles. The van der Waals surface area contributed by atoms with E-state index in [0.29, 0.717) is 13.0 Å². The number of aromatic nitrogens is 1. The Hall–Kier alpha value is -0.620. The van der Waals surface area contributed by atoms with Crippen LogP contribution in [0.1, 0.15) is 31.4 Å². The molecule has 0 saturated heterocycles. The van der Waals surface area contributed by atoms with Crippen LogP contribution in [0.2, 0.25) is 0 Å². The van der Waals surface area contributed by atoms with Crippen LogP contribution in [0.5, 0.6) is 0 Å². The van der Waals surface area contributed by atoms with Crippen molar-refractivity contribution in [3.05, 3.63) is 28.5 Å². The smallest absolute Gasteiger partial charge is 0.308 e. The number of hydrogen-bond acceptors (Lipinski definition) is 2. The largest absolute Gasteiger partial charge is 0.391 e. The fourth-order valence-corrected chi connectivity index (χ4v) is 2.67. The second kappa shape index (κ2) is 6.22. The molecule has 1 aromatic heterocycles. The molecule has 2 unspecified atom stereocenters. The van der Waals surface area contributed by atoms with Gasteiger partial charge in [-0.05, 0) is 47.3 Å². The molecule has 6 heteroatoms. The van der Waals surface area contributed by atoms with Gasteiger partial charge in [0.2, 0.25) is 0 Å². The minimum Gasteiger partial charge on any atom is -0.308 e. The second-order valence-corrected chi connectivity index (χ2v) is 5.87. The van der Waals surface area contributed by atoms with Crippen molar-refractivity contribution in [3.8, 4) is 0 Å². The number of hydrogen-bond donors (Lipinski definition) is 1. The molecule has 0 amide bonds. The van der Waals surface area contributed by atoms with Gasteiger partial charge in [-0.3, -0.25) is 4.98 Å². The summed E-state index contributed by atoms with van der Waals surface area (Å²) in [7, 11) is 0. The van der Waals surface area contributed by atoms with Crippen LogP contribution in [0.15, 0.2) is 22.8 Å². The average molecular weight is 337 g/mol. The number of pyridine rings is 1. The standard InChI is InChI=1S/C13H16BrF3N2/c14-10-4-5-12(18-7-10)8-19-11-3-1-2-9(6-11)13(15,16)17/h4-5,7,9,11,19H,1-3,6,8H2. The van der Waals surface area contributed by atoms with E-state index in [-0.39, 0.29) is 18.9 Å². The summed E-state index contributed by atoms with van der Waals surface area (Å²) in [5.74, 6) is -1.16. The summed E-state index contributed by atoms with van der Waals surface area (Å²) in [4.78, 5) is 4.20. The van der Waals surface area contributed by atoms with Gasteiger partial charge in [0.1, 0.15) is 0 Å². The van der Waals surface area contributed by atoms with Crippen LogP contribution in [0.4, 0.5) is 13.2 Å². The summed E-state index contributed by atoms with van der Waals surface area (Å²) in [6.07, 6.45) is -0.483. The van der Waals surface area contributed by atoms with Gasteiger partial charge in [-0.15, -0.1) is 0 Å². The lowest BCUT2D eigenvalue weighted by Crippen LogP contribution is -2.38. The van der Waals surface area contributed by atoms with Gasteiger partial charge in [0.05, 0.1) is 11.6 Å². The average Bonchev–Trinajstić information content (AvgIpc) is 2.37. The van der Waals surface area contributed by atoms with Crippen LogP contribution in [0.25, 0.3) is 0 Å². The van der Waals surface area contributed by atoms with E-state index in [0.717, 1.165) is 16.6 Å². The zero-order valence-corrected chi connectivity index (χ0v) is 12.0. The first-order chi connectivity index (χ1) is 8.95. The molecule has 1 aliphatic rings. The van der Waals surface area contributed by atoms with Crippen molar-refractivity contribution in [1.29, 1.82) is 0 Å². The monoisotopic (exact) mass is 336 g/mol. The minimum atomic E-state index is -4.06. The van der Waals surface area contributed by atoms with E-state index in [1.807, 2.05) is 12.1 Å². The molecule has 1 heterocycles. The molecule has 106 valence electrons. The van der Waals surface area contributed by atoms with E-state index in [1.165, 1.54) is 0 Å². The third-order valence-electron chi connectivity index (χ3n) is 3.50. The molecule has 0 spiro atoms. The molecule has 1 aliphatic carbocycles. The summed E-state index contributed by atoms with van der Waals surface area (Å²) in [5, 5.41) is 3.18. The molecular weight excluding hydrogens is 321 g/mol. The molecule has 0 bridgehead atoms. The van der Waals surface area contributed by atoms with Crippen molar-refractivity contribution < 1.29 is 13.2 Å². The quantitative estimate of drug-likeness (QED) is 0.900. The van der Waals surface area contributed by atoms with Gasteiger partial charge < -0.3 is 5.32 Å². The van der Waals surface area contributed by atoms with Crippen molar-refractivity contribution in [2.75, 3.05) is 0 Å². The van der Waals surface area contributed by atoms with Crippen molar-refractivity contribution in [2.24, 2.45) is 5.92 Å². The number of nitrogens with one attached hydrogen (secondary N) is 1. The predicted molar refractivity (Wildman–Crippen MR) is 70.6 cm³/mol.